The molecule has 2 heterocycles. The highest BCUT2D eigenvalue weighted by atomic mass is 16.5. The number of benzene rings is 1. The van der Waals surface area contributed by atoms with Gasteiger partial charge in [0.05, 0.1) is 24.2 Å². The molecule has 0 amide bonds. The predicted octanol–water partition coefficient (Wildman–Crippen LogP) is 2.43. The summed E-state index contributed by atoms with van der Waals surface area (Å²) in [5, 5.41) is 10.0. The zero-order chi connectivity index (χ0) is 17.4. The van der Waals surface area contributed by atoms with Gasteiger partial charge in [-0.1, -0.05) is 0 Å². The van der Waals surface area contributed by atoms with Crippen molar-refractivity contribution in [1.29, 1.82) is 0 Å². The number of anilines is 2. The van der Waals surface area contributed by atoms with E-state index < -0.39 is 0 Å². The number of imidazole rings is 1. The summed E-state index contributed by atoms with van der Waals surface area (Å²) in [6.07, 6.45) is 1.72. The first-order chi connectivity index (χ1) is 11.4. The van der Waals surface area contributed by atoms with Crippen LogP contribution in [0.25, 0.3) is 17.1 Å². The van der Waals surface area contributed by atoms with E-state index in [-0.39, 0.29) is 5.75 Å². The molecular weight excluding hydrogens is 306 g/mol. The fourth-order valence-corrected chi connectivity index (χ4v) is 2.64. The molecule has 0 spiro atoms. The molecule has 2 aromatic heterocycles. The number of aromatic nitrogens is 3. The molecule has 0 unspecified atom stereocenters. The third-order valence-electron chi connectivity index (χ3n) is 3.91. The fourth-order valence-electron chi connectivity index (χ4n) is 2.64. The Hall–Kier alpha value is -3.22. The monoisotopic (exact) mass is 325 g/mol. The summed E-state index contributed by atoms with van der Waals surface area (Å²) >= 11 is 0. The second-order valence-corrected chi connectivity index (χ2v) is 5.46. The lowest BCUT2D eigenvalue weighted by molar-refractivity contribution is 0.409. The molecule has 7 nitrogen and oxygen atoms in total. The number of aryl methyl sites for hydroxylation is 2. The second kappa shape index (κ2) is 5.77. The van der Waals surface area contributed by atoms with E-state index in [0.29, 0.717) is 34.5 Å². The number of ether oxygens (including phenoxy) is 1. The van der Waals surface area contributed by atoms with Gasteiger partial charge in [0.15, 0.2) is 0 Å². The molecule has 7 heteroatoms. The van der Waals surface area contributed by atoms with Gasteiger partial charge >= 0.3 is 0 Å². The van der Waals surface area contributed by atoms with Crippen LogP contribution in [0.15, 0.2) is 30.5 Å². The average molecular weight is 325 g/mol. The summed E-state index contributed by atoms with van der Waals surface area (Å²) in [5.74, 6) is 1.43. The van der Waals surface area contributed by atoms with Gasteiger partial charge in [-0.2, -0.15) is 0 Å². The Morgan fingerprint density at radius 3 is 2.58 bits per heavy atom. The first kappa shape index (κ1) is 15.7. The number of nitrogens with two attached hydrogens (primary N) is 2. The van der Waals surface area contributed by atoms with Crippen LogP contribution in [0.2, 0.25) is 0 Å². The van der Waals surface area contributed by atoms with Crippen molar-refractivity contribution < 1.29 is 9.84 Å². The molecule has 1 aromatic carbocycles. The summed E-state index contributed by atoms with van der Waals surface area (Å²) in [6, 6.07) is 6.73. The van der Waals surface area contributed by atoms with Crippen molar-refractivity contribution in [2.45, 2.75) is 13.8 Å². The number of pyridine rings is 1. The van der Waals surface area contributed by atoms with Crippen molar-refractivity contribution >= 4 is 11.5 Å². The molecule has 0 atom stereocenters. The molecule has 3 rings (SSSR count). The number of aromatic hydroxyl groups is 1. The third-order valence-corrected chi connectivity index (χ3v) is 3.91. The van der Waals surface area contributed by atoms with Gasteiger partial charge in [0.1, 0.15) is 23.1 Å². The number of nitrogen functional groups attached to an aromatic ring is 2. The highest BCUT2D eigenvalue weighted by Crippen LogP contribution is 2.37. The van der Waals surface area contributed by atoms with Crippen LogP contribution < -0.4 is 16.2 Å². The van der Waals surface area contributed by atoms with Crippen molar-refractivity contribution in [3.8, 4) is 28.6 Å². The maximum Gasteiger partial charge on any atom is 0.148 e. The number of hydrogen-bond acceptors (Lipinski definition) is 6. The number of phenols is 1. The molecule has 24 heavy (non-hydrogen) atoms. The molecule has 0 saturated heterocycles. The van der Waals surface area contributed by atoms with E-state index >= 15 is 0 Å². The van der Waals surface area contributed by atoms with Gasteiger partial charge in [0.2, 0.25) is 0 Å². The second-order valence-electron chi connectivity index (χ2n) is 5.46. The minimum absolute atomic E-state index is 0.0238. The Labute approximate surface area is 139 Å². The van der Waals surface area contributed by atoms with E-state index in [9.17, 15) is 5.11 Å². The van der Waals surface area contributed by atoms with Crippen LogP contribution in [0.5, 0.6) is 11.5 Å². The van der Waals surface area contributed by atoms with Crippen LogP contribution >= 0.6 is 0 Å². The predicted molar refractivity (Wildman–Crippen MR) is 93.3 cm³/mol. The van der Waals surface area contributed by atoms with E-state index in [0.717, 1.165) is 11.3 Å². The van der Waals surface area contributed by atoms with Gasteiger partial charge in [-0.3, -0.25) is 9.55 Å². The first-order valence-electron chi connectivity index (χ1n) is 7.37. The summed E-state index contributed by atoms with van der Waals surface area (Å²) in [7, 11) is 1.49. The van der Waals surface area contributed by atoms with Crippen molar-refractivity contribution in [2.24, 2.45) is 0 Å². The maximum atomic E-state index is 10.0. The Bertz CT molecular complexity index is 918. The average Bonchev–Trinajstić information content (AvgIpc) is 2.85. The highest BCUT2D eigenvalue weighted by Gasteiger charge is 2.20. The van der Waals surface area contributed by atoms with Gasteiger partial charge in [0, 0.05) is 29.6 Å². The maximum absolute atomic E-state index is 10.0. The number of phenolic OH excluding ortho intramolecular Hbond substituents is 1. The molecule has 5 N–H and O–H groups in total. The zero-order valence-electron chi connectivity index (χ0n) is 13.7. The van der Waals surface area contributed by atoms with E-state index in [1.165, 1.54) is 19.2 Å². The Morgan fingerprint density at radius 2 is 1.92 bits per heavy atom. The summed E-state index contributed by atoms with van der Waals surface area (Å²) in [6.45, 7) is 3.71. The van der Waals surface area contributed by atoms with E-state index in [2.05, 4.69) is 9.97 Å². The van der Waals surface area contributed by atoms with Gasteiger partial charge in [-0.25, -0.2) is 4.98 Å². The molecule has 0 aliphatic rings. The summed E-state index contributed by atoms with van der Waals surface area (Å²) in [5.41, 5.74) is 15.6. The topological polar surface area (TPSA) is 112 Å². The summed E-state index contributed by atoms with van der Waals surface area (Å²) in [4.78, 5) is 8.87. The molecular formula is C17H19N5O2. The van der Waals surface area contributed by atoms with Crippen molar-refractivity contribution in [2.75, 3.05) is 18.6 Å². The fraction of sp³-hybridized carbons (Fsp3) is 0.176. The number of hydrogen-bond donors (Lipinski definition) is 3. The minimum Gasteiger partial charge on any atom is -0.508 e. The Balaban J connectivity index is 2.35. The van der Waals surface area contributed by atoms with E-state index in [4.69, 9.17) is 16.2 Å². The molecule has 0 saturated carbocycles. The smallest absolute Gasteiger partial charge is 0.148 e. The van der Waals surface area contributed by atoms with Crippen LogP contribution in [0.4, 0.5) is 11.5 Å². The van der Waals surface area contributed by atoms with Crippen LogP contribution in [0.1, 0.15) is 11.4 Å². The van der Waals surface area contributed by atoms with Crippen LogP contribution in [0, 0.1) is 13.8 Å². The molecule has 0 bridgehead atoms. The molecule has 0 aliphatic heterocycles. The van der Waals surface area contributed by atoms with Gasteiger partial charge < -0.3 is 21.3 Å². The number of nitrogens with zero attached hydrogens (tertiary/aromatic N) is 3. The lowest BCUT2D eigenvalue weighted by Gasteiger charge is -2.16. The first-order valence-corrected chi connectivity index (χ1v) is 7.37. The Kier molecular flexibility index (Phi) is 3.76. The van der Waals surface area contributed by atoms with Gasteiger partial charge in [-0.15, -0.1) is 0 Å². The van der Waals surface area contributed by atoms with E-state index in [1.54, 1.807) is 10.8 Å². The van der Waals surface area contributed by atoms with Crippen LogP contribution in [-0.2, 0) is 0 Å². The molecule has 3 aromatic rings. The van der Waals surface area contributed by atoms with Gasteiger partial charge in [-0.05, 0) is 26.0 Å². The molecule has 0 aliphatic carbocycles. The lowest BCUT2D eigenvalue weighted by Crippen LogP contribution is -2.07. The standard InChI is InChI=1S/C17H19N5O2/c1-9-12(5-4-6-20-9)17-21-10(2)16(19)22(17)13-7-11(23)8-14(24-3)15(13)18/h4-8,23H,18-19H2,1-3H3. The number of methoxy groups -OCH3 is 1. The van der Waals surface area contributed by atoms with Crippen molar-refractivity contribution in [3.63, 3.8) is 0 Å². The van der Waals surface area contributed by atoms with E-state index in [1.807, 2.05) is 26.0 Å². The quantitative estimate of drug-likeness (QED) is 0.503. The Morgan fingerprint density at radius 1 is 1.17 bits per heavy atom. The largest absolute Gasteiger partial charge is 0.508 e. The number of rotatable bonds is 3. The molecule has 0 fully saturated rings. The van der Waals surface area contributed by atoms with Crippen molar-refractivity contribution in [3.05, 3.63) is 41.9 Å². The van der Waals surface area contributed by atoms with Crippen LogP contribution in [-0.4, -0.2) is 26.8 Å². The minimum atomic E-state index is 0.0238. The molecule has 0 radical (unpaired) electrons. The summed E-state index contributed by atoms with van der Waals surface area (Å²) < 4.78 is 6.94. The van der Waals surface area contributed by atoms with Crippen molar-refractivity contribution in [1.82, 2.24) is 14.5 Å². The zero-order valence-corrected chi connectivity index (χ0v) is 13.7. The SMILES string of the molecule is COc1cc(O)cc(-n2c(-c3cccnc3C)nc(C)c2N)c1N. The molecule has 124 valence electrons. The lowest BCUT2D eigenvalue weighted by atomic mass is 10.1. The van der Waals surface area contributed by atoms with Gasteiger partial charge in [0.25, 0.3) is 0 Å². The third kappa shape index (κ3) is 2.40. The highest BCUT2D eigenvalue weighted by molar-refractivity contribution is 5.75. The van der Waals surface area contributed by atoms with Crippen LogP contribution in [0.3, 0.4) is 0 Å². The normalized spacial score (nSPS) is 10.8.